The van der Waals surface area contributed by atoms with E-state index in [-0.39, 0.29) is 55.6 Å². The summed E-state index contributed by atoms with van der Waals surface area (Å²) in [5.41, 5.74) is 5.08. The van der Waals surface area contributed by atoms with Crippen LogP contribution in [0.4, 0.5) is 4.79 Å². The summed E-state index contributed by atoms with van der Waals surface area (Å²) < 4.78 is 0.402. The van der Waals surface area contributed by atoms with Crippen LogP contribution in [0.25, 0.3) is 0 Å². The highest BCUT2D eigenvalue weighted by Gasteiger charge is 2.28. The van der Waals surface area contributed by atoms with Gasteiger partial charge in [-0.3, -0.25) is 24.0 Å². The molecule has 0 unspecified atom stereocenters. The number of hydrogen-bond acceptors (Lipinski definition) is 6. The van der Waals surface area contributed by atoms with E-state index in [0.29, 0.717) is 23.8 Å². The molecule has 0 fully saturated rings. The summed E-state index contributed by atoms with van der Waals surface area (Å²) in [6.45, 7) is 5.92. The van der Waals surface area contributed by atoms with Gasteiger partial charge < -0.3 is 37.6 Å². The summed E-state index contributed by atoms with van der Waals surface area (Å²) in [5, 5.41) is 15.9. The molecule has 0 aliphatic rings. The van der Waals surface area contributed by atoms with Gasteiger partial charge in [-0.2, -0.15) is 0 Å². The van der Waals surface area contributed by atoms with Gasteiger partial charge in [0.1, 0.15) is 19.9 Å². The van der Waals surface area contributed by atoms with Gasteiger partial charge in [-0.05, 0) is 38.5 Å². The molecule has 0 aliphatic heterocycles. The first kappa shape index (κ1) is 36.4. The zero-order valence-corrected chi connectivity index (χ0v) is 25.6. The first-order valence-electron chi connectivity index (χ1n) is 13.4. The normalized spacial score (nSPS) is 12.9. The number of amides is 7. The van der Waals surface area contributed by atoms with Crippen LogP contribution in [0.1, 0.15) is 59.3 Å². The molecule has 0 heterocycles. The molecule has 15 heteroatoms. The predicted molar refractivity (Wildman–Crippen MR) is 160 cm³/mol. The number of hydrogen-bond donors (Lipinski definition) is 7. The van der Waals surface area contributed by atoms with Gasteiger partial charge >= 0.3 is 6.03 Å². The fourth-order valence-electron chi connectivity index (χ4n) is 3.41. The second-order valence-corrected chi connectivity index (χ2v) is 10.4. The highest BCUT2D eigenvalue weighted by molar-refractivity contribution is 14.1. The lowest BCUT2D eigenvalue weighted by Gasteiger charge is -2.25. The Balaban J connectivity index is 5.00. The number of carbonyl (C=O) groups excluding carboxylic acids is 6. The molecule has 0 saturated heterocycles. The second kappa shape index (κ2) is 21.3. The van der Waals surface area contributed by atoms with Crippen LogP contribution in [-0.4, -0.2) is 85.6 Å². The molecule has 13 nitrogen and oxygen atoms in total. The highest BCUT2D eigenvalue weighted by atomic mass is 127. The van der Waals surface area contributed by atoms with Gasteiger partial charge in [0, 0.05) is 25.6 Å². The Labute approximate surface area is 245 Å². The van der Waals surface area contributed by atoms with Crippen molar-refractivity contribution in [2.24, 2.45) is 11.7 Å². The van der Waals surface area contributed by atoms with E-state index in [1.807, 2.05) is 37.4 Å². The van der Waals surface area contributed by atoms with Crippen molar-refractivity contribution in [3.05, 3.63) is 0 Å². The summed E-state index contributed by atoms with van der Waals surface area (Å²) in [4.78, 5) is 72.7. The monoisotopic (exact) mass is 665 g/mol. The molecule has 0 rings (SSSR count). The zero-order chi connectivity index (χ0) is 29.8. The van der Waals surface area contributed by atoms with E-state index in [0.717, 1.165) is 19.2 Å². The molecule has 7 amide bonds. The fraction of sp³-hybridized carbons (Fsp3) is 0.750. The Morgan fingerprint density at radius 1 is 0.769 bits per heavy atom. The molecule has 0 radical (unpaired) electrons. The van der Waals surface area contributed by atoms with E-state index in [1.54, 1.807) is 13.8 Å². The topological polar surface area (TPSA) is 201 Å². The first-order chi connectivity index (χ1) is 18.4. The average molecular weight is 665 g/mol. The van der Waals surface area contributed by atoms with Gasteiger partial charge in [-0.1, -0.05) is 49.2 Å². The summed E-state index contributed by atoms with van der Waals surface area (Å²) >= 11 is 1.99. The maximum Gasteiger partial charge on any atom is 0.312 e. The van der Waals surface area contributed by atoms with Crippen LogP contribution in [0, 0.1) is 5.92 Å². The van der Waals surface area contributed by atoms with Crippen LogP contribution < -0.4 is 37.6 Å². The van der Waals surface area contributed by atoms with Crippen LogP contribution in [-0.2, 0) is 24.0 Å². The lowest BCUT2D eigenvalue weighted by Crippen LogP contribution is -2.56. The van der Waals surface area contributed by atoms with Crippen molar-refractivity contribution in [1.29, 1.82) is 0 Å². The molecule has 0 aromatic rings. The second-order valence-electron chi connectivity index (χ2n) is 9.67. The van der Waals surface area contributed by atoms with Crippen molar-refractivity contribution < 1.29 is 28.8 Å². The minimum Gasteiger partial charge on any atom is -0.355 e. The van der Waals surface area contributed by atoms with Crippen molar-refractivity contribution in [2.75, 3.05) is 24.1 Å². The van der Waals surface area contributed by atoms with Gasteiger partial charge in [0.25, 0.3) is 0 Å². The largest absolute Gasteiger partial charge is 0.355 e. The maximum atomic E-state index is 13.1. The van der Waals surface area contributed by atoms with E-state index in [4.69, 9.17) is 5.73 Å². The summed E-state index contributed by atoms with van der Waals surface area (Å²) in [6, 6.07) is -2.59. The van der Waals surface area contributed by atoms with Crippen LogP contribution >= 0.6 is 22.6 Å². The number of alkyl halides is 1. The SMILES string of the molecule is BC[C@@H](C)NC(=O)CNC(=O)[C@H](CCCNC(N)=O)NC(=O)[C@@H](NC(=O)CCCCCNC(=O)CI)C(C)C. The third kappa shape index (κ3) is 18.4. The van der Waals surface area contributed by atoms with Crippen molar-refractivity contribution in [1.82, 2.24) is 31.9 Å². The Morgan fingerprint density at radius 3 is 2.03 bits per heavy atom. The summed E-state index contributed by atoms with van der Waals surface area (Å²) in [5.74, 6) is -1.98. The van der Waals surface area contributed by atoms with Crippen molar-refractivity contribution in [3.63, 3.8) is 0 Å². The third-order valence-corrected chi connectivity index (χ3v) is 6.53. The number of unbranched alkanes of at least 4 members (excludes halogenated alkanes) is 2. The Morgan fingerprint density at radius 2 is 1.44 bits per heavy atom. The smallest absolute Gasteiger partial charge is 0.312 e. The van der Waals surface area contributed by atoms with E-state index in [9.17, 15) is 28.8 Å². The molecule has 39 heavy (non-hydrogen) atoms. The quantitative estimate of drug-likeness (QED) is 0.0370. The number of nitrogens with two attached hydrogens (primary N) is 1. The molecular formula is C24H45BIN7O6. The van der Waals surface area contributed by atoms with Crippen molar-refractivity contribution in [3.8, 4) is 0 Å². The van der Waals surface area contributed by atoms with Crippen LogP contribution in [0.2, 0.25) is 6.32 Å². The molecule has 0 aliphatic carbocycles. The molecule has 0 aromatic carbocycles. The van der Waals surface area contributed by atoms with Crippen LogP contribution in [0.15, 0.2) is 0 Å². The lowest BCUT2D eigenvalue weighted by molar-refractivity contribution is -0.133. The summed E-state index contributed by atoms with van der Waals surface area (Å²) in [7, 11) is 1.92. The lowest BCUT2D eigenvalue weighted by atomic mass is 9.99. The van der Waals surface area contributed by atoms with Crippen molar-refractivity contribution in [2.45, 2.75) is 83.7 Å². The Bertz CT molecular complexity index is 818. The third-order valence-electron chi connectivity index (χ3n) is 5.83. The van der Waals surface area contributed by atoms with E-state index in [2.05, 4.69) is 31.9 Å². The van der Waals surface area contributed by atoms with Gasteiger partial charge in [0.2, 0.25) is 29.5 Å². The highest BCUT2D eigenvalue weighted by Crippen LogP contribution is 2.07. The number of nitrogens with one attached hydrogen (secondary N) is 6. The van der Waals surface area contributed by atoms with E-state index < -0.39 is 29.9 Å². The summed E-state index contributed by atoms with van der Waals surface area (Å²) in [6.07, 6.45) is 3.60. The number of rotatable bonds is 20. The van der Waals surface area contributed by atoms with Gasteiger partial charge in [-0.15, -0.1) is 0 Å². The number of urea groups is 1. The molecule has 3 atom stereocenters. The molecule has 0 saturated carbocycles. The predicted octanol–water partition coefficient (Wildman–Crippen LogP) is -1.16. The molecule has 0 aromatic heterocycles. The molecule has 222 valence electrons. The average Bonchev–Trinajstić information content (AvgIpc) is 2.88. The Kier molecular flexibility index (Phi) is 19.9. The number of carbonyl (C=O) groups is 6. The van der Waals surface area contributed by atoms with Gasteiger partial charge in [0.15, 0.2) is 0 Å². The standard InChI is InChI=1S/C24H45BIN7O6/c1-15(2)21(33-18(34)9-5-4-6-10-28-19(35)13-26)23(38)32-17(8-7-11-29-24(27)39)22(37)30-14-20(36)31-16(3)12-25/h15-17,21H,4-14,25H2,1-3H3,(H,28,35)(H,30,37)(H,31,36)(H,32,38)(H,33,34)(H3,27,29,39)/t16-,17+,21+/m1/s1. The minimum absolute atomic E-state index is 0.0235. The van der Waals surface area contributed by atoms with Crippen LogP contribution in [0.3, 0.4) is 0 Å². The first-order valence-corrected chi connectivity index (χ1v) is 15.0. The maximum absolute atomic E-state index is 13.1. The van der Waals surface area contributed by atoms with E-state index in [1.165, 1.54) is 0 Å². The molecule has 0 bridgehead atoms. The minimum atomic E-state index is -0.987. The Hall–Kier alpha value is -2.59. The van der Waals surface area contributed by atoms with Gasteiger partial charge in [0.05, 0.1) is 11.0 Å². The number of primary amides is 1. The van der Waals surface area contributed by atoms with Crippen molar-refractivity contribution >= 4 is 66.0 Å². The molecule has 8 N–H and O–H groups in total. The van der Waals surface area contributed by atoms with Crippen LogP contribution in [0.5, 0.6) is 0 Å². The fourth-order valence-corrected chi connectivity index (χ4v) is 3.68. The van der Waals surface area contributed by atoms with E-state index >= 15 is 0 Å². The molecular weight excluding hydrogens is 620 g/mol. The van der Waals surface area contributed by atoms with Gasteiger partial charge in [-0.25, -0.2) is 4.79 Å². The molecule has 0 spiro atoms. The number of halogens is 1. The zero-order valence-electron chi connectivity index (χ0n) is 23.5.